The van der Waals surface area contributed by atoms with Gasteiger partial charge in [0.1, 0.15) is 4.90 Å². The van der Waals surface area contributed by atoms with Gasteiger partial charge in [0.05, 0.1) is 12.4 Å². The van der Waals surface area contributed by atoms with Crippen LogP contribution in [0.25, 0.3) is 0 Å². The number of aromatic nitrogens is 2. The van der Waals surface area contributed by atoms with Crippen molar-refractivity contribution in [2.45, 2.75) is 56.9 Å². The lowest BCUT2D eigenvalue weighted by Crippen LogP contribution is -2.38. The van der Waals surface area contributed by atoms with Crippen LogP contribution in [0.5, 0.6) is 0 Å². The first kappa shape index (κ1) is 16.2. The zero-order chi connectivity index (χ0) is 15.3. The molecule has 0 radical (unpaired) electrons. The van der Waals surface area contributed by atoms with E-state index in [4.69, 9.17) is 0 Å². The third kappa shape index (κ3) is 4.38. The number of hydrogen-bond donors (Lipinski definition) is 2. The van der Waals surface area contributed by atoms with Crippen molar-refractivity contribution in [3.8, 4) is 0 Å². The summed E-state index contributed by atoms with van der Waals surface area (Å²) >= 11 is 0. The molecule has 1 aliphatic carbocycles. The monoisotopic (exact) mass is 312 g/mol. The number of rotatable bonds is 6. The van der Waals surface area contributed by atoms with Crippen LogP contribution in [0.3, 0.4) is 0 Å². The molecular weight excluding hydrogens is 288 g/mol. The Balaban J connectivity index is 2.03. The van der Waals surface area contributed by atoms with Gasteiger partial charge in [0.2, 0.25) is 16.0 Å². The highest BCUT2D eigenvalue weighted by Crippen LogP contribution is 2.27. The average Bonchev–Trinajstić information content (AvgIpc) is 2.48. The van der Waals surface area contributed by atoms with Gasteiger partial charge in [-0.3, -0.25) is 0 Å². The molecule has 0 spiro atoms. The first-order chi connectivity index (χ1) is 10.0. The Morgan fingerprint density at radius 3 is 2.43 bits per heavy atom. The van der Waals surface area contributed by atoms with Crippen molar-refractivity contribution in [2.24, 2.45) is 5.92 Å². The molecule has 1 atom stereocenters. The summed E-state index contributed by atoms with van der Waals surface area (Å²) in [5.74, 6) is 0.868. The fourth-order valence-corrected chi connectivity index (χ4v) is 3.95. The van der Waals surface area contributed by atoms with Gasteiger partial charge in [-0.05, 0) is 32.6 Å². The fraction of sp³-hybridized carbons (Fsp3) is 0.714. The molecule has 1 fully saturated rings. The standard InChI is InChI=1S/C14H24N4O2S/c1-3-15-14-16-9-13(10-17-14)21(19,20)18-11(2)12-7-5-4-6-8-12/h9-12,18H,3-8H2,1-2H3,(H,15,16,17). The zero-order valence-corrected chi connectivity index (χ0v) is 13.5. The van der Waals surface area contributed by atoms with Gasteiger partial charge in [-0.15, -0.1) is 0 Å². The molecule has 6 nitrogen and oxygen atoms in total. The van der Waals surface area contributed by atoms with Gasteiger partial charge in [-0.1, -0.05) is 19.3 Å². The van der Waals surface area contributed by atoms with E-state index in [1.165, 1.54) is 31.7 Å². The maximum atomic E-state index is 12.3. The summed E-state index contributed by atoms with van der Waals surface area (Å²) in [5, 5.41) is 2.94. The molecule has 0 amide bonds. The molecule has 1 heterocycles. The van der Waals surface area contributed by atoms with Gasteiger partial charge < -0.3 is 5.32 Å². The number of anilines is 1. The molecule has 0 bridgehead atoms. The molecule has 0 aliphatic heterocycles. The molecule has 7 heteroatoms. The van der Waals surface area contributed by atoms with Crippen LogP contribution in [0, 0.1) is 5.92 Å². The minimum absolute atomic E-state index is 0.0521. The summed E-state index contributed by atoms with van der Waals surface area (Å²) in [6, 6.07) is -0.0521. The first-order valence-corrected chi connectivity index (χ1v) is 9.09. The van der Waals surface area contributed by atoms with Gasteiger partial charge in [-0.25, -0.2) is 23.1 Å². The zero-order valence-electron chi connectivity index (χ0n) is 12.7. The van der Waals surface area contributed by atoms with E-state index in [0.717, 1.165) is 12.8 Å². The number of sulfonamides is 1. The van der Waals surface area contributed by atoms with Crippen LogP contribution in [0.15, 0.2) is 17.3 Å². The molecule has 1 saturated carbocycles. The van der Waals surface area contributed by atoms with Crippen molar-refractivity contribution in [1.29, 1.82) is 0 Å². The van der Waals surface area contributed by atoms with Gasteiger partial charge in [0.15, 0.2) is 0 Å². The highest BCUT2D eigenvalue weighted by atomic mass is 32.2. The SMILES string of the molecule is CCNc1ncc(S(=O)(=O)NC(C)C2CCCCC2)cn1. The summed E-state index contributed by atoms with van der Waals surface area (Å²) < 4.78 is 27.5. The highest BCUT2D eigenvalue weighted by Gasteiger charge is 2.25. The van der Waals surface area contributed by atoms with Crippen molar-refractivity contribution in [3.05, 3.63) is 12.4 Å². The molecule has 1 aromatic rings. The Bertz CT molecular complexity index is 539. The Hall–Kier alpha value is -1.21. The van der Waals surface area contributed by atoms with Gasteiger partial charge >= 0.3 is 0 Å². The smallest absolute Gasteiger partial charge is 0.243 e. The highest BCUT2D eigenvalue weighted by molar-refractivity contribution is 7.89. The maximum Gasteiger partial charge on any atom is 0.243 e. The molecule has 2 rings (SSSR count). The van der Waals surface area contributed by atoms with E-state index in [0.29, 0.717) is 18.4 Å². The maximum absolute atomic E-state index is 12.3. The van der Waals surface area contributed by atoms with Crippen LogP contribution in [-0.2, 0) is 10.0 Å². The van der Waals surface area contributed by atoms with Crippen LogP contribution in [-0.4, -0.2) is 31.0 Å². The molecule has 2 N–H and O–H groups in total. The van der Waals surface area contributed by atoms with Crippen molar-refractivity contribution >= 4 is 16.0 Å². The minimum Gasteiger partial charge on any atom is -0.355 e. The van der Waals surface area contributed by atoms with Gasteiger partial charge in [0.25, 0.3) is 0 Å². The third-order valence-electron chi connectivity index (χ3n) is 3.97. The van der Waals surface area contributed by atoms with Crippen molar-refractivity contribution in [1.82, 2.24) is 14.7 Å². The number of nitrogens with one attached hydrogen (secondary N) is 2. The number of nitrogens with zero attached hydrogens (tertiary/aromatic N) is 2. The second kappa shape index (κ2) is 7.17. The summed E-state index contributed by atoms with van der Waals surface area (Å²) in [6.07, 6.45) is 8.53. The molecule has 0 saturated heterocycles. The lowest BCUT2D eigenvalue weighted by atomic mass is 9.85. The van der Waals surface area contributed by atoms with E-state index in [1.54, 1.807) is 0 Å². The normalized spacial score (nSPS) is 18.4. The minimum atomic E-state index is -3.54. The molecule has 1 aliphatic rings. The molecule has 1 aromatic heterocycles. The average molecular weight is 312 g/mol. The summed E-state index contributed by atoms with van der Waals surface area (Å²) in [7, 11) is -3.54. The van der Waals surface area contributed by atoms with Crippen LogP contribution < -0.4 is 10.0 Å². The third-order valence-corrected chi connectivity index (χ3v) is 5.48. The fourth-order valence-electron chi connectivity index (χ4n) is 2.75. The molecule has 0 aromatic carbocycles. The van der Waals surface area contributed by atoms with Crippen molar-refractivity contribution < 1.29 is 8.42 Å². The molecule has 1 unspecified atom stereocenters. The summed E-state index contributed by atoms with van der Waals surface area (Å²) in [4.78, 5) is 8.14. The first-order valence-electron chi connectivity index (χ1n) is 7.61. The van der Waals surface area contributed by atoms with E-state index < -0.39 is 10.0 Å². The Labute approximate surface area is 126 Å². The van der Waals surface area contributed by atoms with E-state index in [2.05, 4.69) is 20.0 Å². The van der Waals surface area contributed by atoms with Gasteiger partial charge in [-0.2, -0.15) is 0 Å². The predicted molar refractivity (Wildman–Crippen MR) is 82.6 cm³/mol. The largest absolute Gasteiger partial charge is 0.355 e. The Morgan fingerprint density at radius 2 is 1.86 bits per heavy atom. The molecular formula is C14H24N4O2S. The van der Waals surface area contributed by atoms with Crippen molar-refractivity contribution in [3.63, 3.8) is 0 Å². The Kier molecular flexibility index (Phi) is 5.52. The van der Waals surface area contributed by atoms with Crippen molar-refractivity contribution in [2.75, 3.05) is 11.9 Å². The molecule has 118 valence electrons. The van der Waals surface area contributed by atoms with E-state index in [9.17, 15) is 8.42 Å². The lowest BCUT2D eigenvalue weighted by molar-refractivity contribution is 0.303. The molecule has 21 heavy (non-hydrogen) atoms. The predicted octanol–water partition coefficient (Wildman–Crippen LogP) is 2.16. The summed E-state index contributed by atoms with van der Waals surface area (Å²) in [6.45, 7) is 4.58. The van der Waals surface area contributed by atoms with E-state index in [-0.39, 0.29) is 10.9 Å². The van der Waals surface area contributed by atoms with E-state index >= 15 is 0 Å². The van der Waals surface area contributed by atoms with Gasteiger partial charge in [0, 0.05) is 12.6 Å². The summed E-state index contributed by atoms with van der Waals surface area (Å²) in [5.41, 5.74) is 0. The second-order valence-corrected chi connectivity index (χ2v) is 7.29. The Morgan fingerprint density at radius 1 is 1.24 bits per heavy atom. The van der Waals surface area contributed by atoms with Crippen LogP contribution in [0.4, 0.5) is 5.95 Å². The van der Waals surface area contributed by atoms with Crippen LogP contribution in [0.2, 0.25) is 0 Å². The van der Waals surface area contributed by atoms with E-state index in [1.807, 2.05) is 13.8 Å². The topological polar surface area (TPSA) is 84.0 Å². The quantitative estimate of drug-likeness (QED) is 0.841. The second-order valence-electron chi connectivity index (χ2n) is 5.58. The van der Waals surface area contributed by atoms with Crippen LogP contribution >= 0.6 is 0 Å². The van der Waals surface area contributed by atoms with Crippen LogP contribution in [0.1, 0.15) is 46.0 Å². The lowest BCUT2D eigenvalue weighted by Gasteiger charge is -2.28. The number of hydrogen-bond acceptors (Lipinski definition) is 5.